The Morgan fingerprint density at radius 3 is 2.22 bits per heavy atom. The zero-order valence-electron chi connectivity index (χ0n) is 9.68. The Bertz CT molecular complexity index is 693. The Balaban J connectivity index is 2.61. The smallest absolute Gasteiger partial charge is 0.207 e. The van der Waals surface area contributed by atoms with Crippen LogP contribution in [0.5, 0.6) is 0 Å². The van der Waals surface area contributed by atoms with Crippen molar-refractivity contribution < 1.29 is 12.8 Å². The summed E-state index contributed by atoms with van der Waals surface area (Å²) in [5, 5.41) is 4.19. The molecule has 1 aromatic heterocycles. The third-order valence-corrected chi connectivity index (χ3v) is 4.73. The van der Waals surface area contributed by atoms with E-state index in [4.69, 9.17) is 11.6 Å². The third-order valence-electron chi connectivity index (χ3n) is 2.50. The van der Waals surface area contributed by atoms with E-state index >= 15 is 0 Å². The van der Waals surface area contributed by atoms with E-state index in [2.05, 4.69) is 5.10 Å². The van der Waals surface area contributed by atoms with Gasteiger partial charge in [0.05, 0.1) is 21.3 Å². The molecule has 0 aliphatic rings. The van der Waals surface area contributed by atoms with Crippen molar-refractivity contribution >= 4 is 21.6 Å². The van der Waals surface area contributed by atoms with E-state index in [1.807, 2.05) is 0 Å². The van der Waals surface area contributed by atoms with Crippen molar-refractivity contribution in [2.24, 2.45) is 0 Å². The summed E-state index contributed by atoms with van der Waals surface area (Å²) >= 11 is 5.91. The summed E-state index contributed by atoms with van der Waals surface area (Å²) in [5.41, 5.74) is 0.762. The van der Waals surface area contributed by atoms with Gasteiger partial charge >= 0.3 is 0 Å². The second-order valence-corrected chi connectivity index (χ2v) is 5.93. The first-order valence-electron chi connectivity index (χ1n) is 5.07. The molecule has 0 spiro atoms. The quantitative estimate of drug-likeness (QED) is 0.853. The average molecular weight is 289 g/mol. The summed E-state index contributed by atoms with van der Waals surface area (Å²) in [6, 6.07) is 4.55. The van der Waals surface area contributed by atoms with Gasteiger partial charge in [0, 0.05) is 0 Å². The Morgan fingerprint density at radius 1 is 1.22 bits per heavy atom. The number of hydrogen-bond acceptors (Lipinski definition) is 3. The van der Waals surface area contributed by atoms with E-state index in [1.165, 1.54) is 12.1 Å². The fraction of sp³-hybridized carbons (Fsp3) is 0.182. The predicted molar refractivity (Wildman–Crippen MR) is 65.7 cm³/mol. The largest absolute Gasteiger partial charge is 0.283 e. The lowest BCUT2D eigenvalue weighted by Crippen LogP contribution is -2.16. The zero-order valence-corrected chi connectivity index (χ0v) is 11.3. The maximum absolute atomic E-state index is 12.8. The molecule has 0 aliphatic heterocycles. The Hall–Kier alpha value is -1.40. The van der Waals surface area contributed by atoms with Gasteiger partial charge in [-0.3, -0.25) is 0 Å². The van der Waals surface area contributed by atoms with Crippen LogP contribution in [0.25, 0.3) is 0 Å². The molecule has 0 saturated heterocycles. The summed E-state index contributed by atoms with van der Waals surface area (Å²) in [6.07, 6.45) is 0. The van der Waals surface area contributed by atoms with Crippen molar-refractivity contribution in [2.75, 3.05) is 0 Å². The molecule has 0 N–H and O–H groups in total. The number of hydrogen-bond donors (Lipinski definition) is 0. The van der Waals surface area contributed by atoms with Crippen LogP contribution in [0.15, 0.2) is 29.2 Å². The fourth-order valence-electron chi connectivity index (χ4n) is 1.54. The van der Waals surface area contributed by atoms with Crippen LogP contribution in [0.2, 0.25) is 5.02 Å². The molecule has 4 nitrogen and oxygen atoms in total. The van der Waals surface area contributed by atoms with Crippen molar-refractivity contribution in [3.8, 4) is 0 Å². The zero-order chi connectivity index (χ0) is 13.5. The van der Waals surface area contributed by atoms with Crippen LogP contribution in [-0.4, -0.2) is 17.6 Å². The lowest BCUT2D eigenvalue weighted by atomic mass is 10.4. The maximum atomic E-state index is 12.8. The van der Waals surface area contributed by atoms with Gasteiger partial charge in [-0.2, -0.15) is 17.6 Å². The number of rotatable bonds is 2. The van der Waals surface area contributed by atoms with Gasteiger partial charge in [0.2, 0.25) is 0 Å². The second-order valence-electron chi connectivity index (χ2n) is 3.79. The van der Waals surface area contributed by atoms with Crippen molar-refractivity contribution in [3.05, 3.63) is 46.5 Å². The first-order valence-corrected chi connectivity index (χ1v) is 6.88. The van der Waals surface area contributed by atoms with E-state index in [0.717, 1.165) is 16.2 Å². The highest BCUT2D eigenvalue weighted by Crippen LogP contribution is 2.23. The van der Waals surface area contributed by atoms with Crippen LogP contribution in [0, 0.1) is 19.7 Å². The third kappa shape index (κ3) is 2.02. The van der Waals surface area contributed by atoms with E-state index in [-0.39, 0.29) is 4.90 Å². The summed E-state index contributed by atoms with van der Waals surface area (Å²) in [4.78, 5) is -0.0360. The van der Waals surface area contributed by atoms with Crippen molar-refractivity contribution in [1.29, 1.82) is 0 Å². The van der Waals surface area contributed by atoms with E-state index in [9.17, 15) is 12.8 Å². The minimum absolute atomic E-state index is 0.0360. The highest BCUT2D eigenvalue weighted by Gasteiger charge is 2.22. The van der Waals surface area contributed by atoms with Crippen molar-refractivity contribution in [3.63, 3.8) is 0 Å². The van der Waals surface area contributed by atoms with Gasteiger partial charge < -0.3 is 0 Å². The molecule has 0 unspecified atom stereocenters. The molecule has 2 rings (SSSR count). The maximum Gasteiger partial charge on any atom is 0.283 e. The Labute approximate surface area is 109 Å². The number of aryl methyl sites for hydroxylation is 1. The minimum atomic E-state index is -3.83. The van der Waals surface area contributed by atoms with Crippen LogP contribution in [0.1, 0.15) is 11.4 Å². The highest BCUT2D eigenvalue weighted by atomic mass is 35.5. The molecule has 0 amide bonds. The molecular formula is C11H10ClFN2O2S. The van der Waals surface area contributed by atoms with Gasteiger partial charge in [-0.25, -0.2) is 4.39 Å². The minimum Gasteiger partial charge on any atom is -0.207 e. The Morgan fingerprint density at radius 2 is 1.78 bits per heavy atom. The molecule has 7 heteroatoms. The number of benzene rings is 1. The molecule has 1 aromatic carbocycles. The standard InChI is InChI=1S/C11H10ClFN2O2S/c1-7-11(12)8(2)15(14-7)18(16,17)10-5-3-9(13)4-6-10/h3-6H,1-2H3. The van der Waals surface area contributed by atoms with Gasteiger partial charge in [0.15, 0.2) is 0 Å². The monoisotopic (exact) mass is 288 g/mol. The Kier molecular flexibility index (Phi) is 3.16. The molecule has 96 valence electrons. The summed E-state index contributed by atoms with van der Waals surface area (Å²) in [7, 11) is -3.83. The molecule has 0 bridgehead atoms. The lowest BCUT2D eigenvalue weighted by Gasteiger charge is -2.06. The first kappa shape index (κ1) is 13.0. The average Bonchev–Trinajstić information content (AvgIpc) is 2.58. The summed E-state index contributed by atoms with van der Waals surface area (Å²) < 4.78 is 38.1. The molecule has 0 atom stereocenters. The van der Waals surface area contributed by atoms with Crippen LogP contribution in [0.3, 0.4) is 0 Å². The normalized spacial score (nSPS) is 11.8. The van der Waals surface area contributed by atoms with Crippen LogP contribution in [0.4, 0.5) is 4.39 Å². The summed E-state index contributed by atoms with van der Waals surface area (Å²) in [6.45, 7) is 3.18. The van der Waals surface area contributed by atoms with Gasteiger partial charge in [0.25, 0.3) is 10.0 Å². The van der Waals surface area contributed by atoms with Crippen molar-refractivity contribution in [1.82, 2.24) is 9.19 Å². The first-order chi connectivity index (χ1) is 8.34. The fourth-order valence-corrected chi connectivity index (χ4v) is 3.07. The van der Waals surface area contributed by atoms with Crippen molar-refractivity contribution in [2.45, 2.75) is 18.7 Å². The summed E-state index contributed by atoms with van der Waals surface area (Å²) in [5.74, 6) is -0.500. The molecule has 0 aliphatic carbocycles. The van der Waals surface area contributed by atoms with Crippen LogP contribution in [-0.2, 0) is 10.0 Å². The second kappa shape index (κ2) is 4.37. The molecular weight excluding hydrogens is 279 g/mol. The van der Waals surface area contributed by atoms with E-state index in [1.54, 1.807) is 13.8 Å². The topological polar surface area (TPSA) is 52.0 Å². The SMILES string of the molecule is Cc1nn(S(=O)(=O)c2ccc(F)cc2)c(C)c1Cl. The molecule has 18 heavy (non-hydrogen) atoms. The van der Waals surface area contributed by atoms with Crippen LogP contribution < -0.4 is 0 Å². The molecule has 1 heterocycles. The predicted octanol–water partition coefficient (Wildman–Crippen LogP) is 2.53. The van der Waals surface area contributed by atoms with Crippen LogP contribution >= 0.6 is 11.6 Å². The number of nitrogens with zero attached hydrogens (tertiary/aromatic N) is 2. The van der Waals surface area contributed by atoms with E-state index < -0.39 is 15.8 Å². The molecule has 0 radical (unpaired) electrons. The lowest BCUT2D eigenvalue weighted by molar-refractivity contribution is 0.577. The number of aromatic nitrogens is 2. The molecule has 0 fully saturated rings. The van der Waals surface area contributed by atoms with Gasteiger partial charge in [0.1, 0.15) is 5.82 Å². The molecule has 2 aromatic rings. The highest BCUT2D eigenvalue weighted by molar-refractivity contribution is 7.89. The number of halogens is 2. The molecule has 0 saturated carbocycles. The van der Waals surface area contributed by atoms with E-state index in [0.29, 0.717) is 16.4 Å². The van der Waals surface area contributed by atoms with Gasteiger partial charge in [-0.1, -0.05) is 11.6 Å². The van der Waals surface area contributed by atoms with Gasteiger partial charge in [-0.15, -0.1) is 0 Å². The van der Waals surface area contributed by atoms with Gasteiger partial charge in [-0.05, 0) is 38.1 Å².